The van der Waals surface area contributed by atoms with Gasteiger partial charge in [0.05, 0.1) is 12.1 Å². The topological polar surface area (TPSA) is 88.7 Å². The molecule has 0 aromatic heterocycles. The van der Waals surface area contributed by atoms with Gasteiger partial charge in [-0.05, 0) is 42.7 Å². The number of carbonyl (C=O) groups excluding carboxylic acids is 2. The molecule has 2 aromatic rings. The van der Waals surface area contributed by atoms with Gasteiger partial charge < -0.3 is 25.4 Å². The van der Waals surface area contributed by atoms with Gasteiger partial charge in [-0.2, -0.15) is 0 Å². The van der Waals surface area contributed by atoms with E-state index in [0.717, 1.165) is 18.4 Å². The molecule has 0 spiro atoms. The Morgan fingerprint density at radius 1 is 1.04 bits per heavy atom. The summed E-state index contributed by atoms with van der Waals surface area (Å²) in [6.07, 6.45) is 2.06. The number of para-hydroxylation sites is 1. The highest BCUT2D eigenvalue weighted by molar-refractivity contribution is 6.00. The van der Waals surface area contributed by atoms with Crippen LogP contribution in [0.5, 0.6) is 11.5 Å². The molecule has 7 nitrogen and oxygen atoms in total. The third kappa shape index (κ3) is 4.31. The smallest absolute Gasteiger partial charge is 0.253 e. The van der Waals surface area contributed by atoms with Gasteiger partial charge >= 0.3 is 0 Å². The van der Waals surface area contributed by atoms with Crippen molar-refractivity contribution in [3.8, 4) is 11.5 Å². The summed E-state index contributed by atoms with van der Waals surface area (Å²) >= 11 is 0. The van der Waals surface area contributed by atoms with Crippen molar-refractivity contribution in [2.24, 2.45) is 0 Å². The lowest BCUT2D eigenvalue weighted by molar-refractivity contribution is -0.119. The quantitative estimate of drug-likeness (QED) is 0.697. The summed E-state index contributed by atoms with van der Waals surface area (Å²) in [7, 11) is 0. The number of hydrogen-bond acceptors (Lipinski definition) is 5. The summed E-state index contributed by atoms with van der Waals surface area (Å²) in [6.45, 7) is 0.696. The molecule has 0 radical (unpaired) electrons. The summed E-state index contributed by atoms with van der Waals surface area (Å²) in [4.78, 5) is 24.5. The second-order valence-electron chi connectivity index (χ2n) is 6.61. The molecule has 1 aliphatic carbocycles. The van der Waals surface area contributed by atoms with Gasteiger partial charge in [-0.15, -0.1) is 0 Å². The number of amides is 2. The molecule has 1 saturated carbocycles. The molecule has 2 amide bonds. The van der Waals surface area contributed by atoms with Crippen molar-refractivity contribution in [2.75, 3.05) is 18.7 Å². The van der Waals surface area contributed by atoms with Crippen molar-refractivity contribution < 1.29 is 19.1 Å². The molecule has 0 unspecified atom stereocenters. The standard InChI is InChI=1S/C20H21N3O4/c24-19(22-10-13-5-8-17-18(9-13)27-12-26-17)11-21-16-4-2-1-3-15(16)20(25)23-14-6-7-14/h1-5,8-9,14,21H,6-7,10-12H2,(H,22,24)(H,23,25). The lowest BCUT2D eigenvalue weighted by atomic mass is 10.1. The van der Waals surface area contributed by atoms with Gasteiger partial charge in [0.25, 0.3) is 5.91 Å². The molecule has 2 aliphatic rings. The molecule has 0 atom stereocenters. The fourth-order valence-corrected chi connectivity index (χ4v) is 2.82. The molecule has 0 saturated heterocycles. The Balaban J connectivity index is 1.29. The van der Waals surface area contributed by atoms with Gasteiger partial charge in [0.15, 0.2) is 11.5 Å². The third-order valence-corrected chi connectivity index (χ3v) is 4.45. The molecule has 3 N–H and O–H groups in total. The molecule has 140 valence electrons. The predicted molar refractivity (Wildman–Crippen MR) is 99.8 cm³/mol. The van der Waals surface area contributed by atoms with E-state index in [4.69, 9.17) is 9.47 Å². The van der Waals surface area contributed by atoms with Gasteiger partial charge in [0.1, 0.15) is 0 Å². The Hall–Kier alpha value is -3.22. The second kappa shape index (κ2) is 7.57. The van der Waals surface area contributed by atoms with E-state index in [0.29, 0.717) is 29.3 Å². The van der Waals surface area contributed by atoms with Crippen molar-refractivity contribution in [3.63, 3.8) is 0 Å². The van der Waals surface area contributed by atoms with E-state index in [1.165, 1.54) is 0 Å². The van der Waals surface area contributed by atoms with E-state index in [2.05, 4.69) is 16.0 Å². The van der Waals surface area contributed by atoms with E-state index >= 15 is 0 Å². The second-order valence-corrected chi connectivity index (χ2v) is 6.61. The summed E-state index contributed by atoms with van der Waals surface area (Å²) < 4.78 is 10.6. The Morgan fingerprint density at radius 3 is 2.70 bits per heavy atom. The number of hydrogen-bond donors (Lipinski definition) is 3. The van der Waals surface area contributed by atoms with Gasteiger partial charge in [0, 0.05) is 18.3 Å². The van der Waals surface area contributed by atoms with Crippen molar-refractivity contribution >= 4 is 17.5 Å². The maximum atomic E-state index is 12.3. The van der Waals surface area contributed by atoms with E-state index in [9.17, 15) is 9.59 Å². The monoisotopic (exact) mass is 367 g/mol. The highest BCUT2D eigenvalue weighted by Crippen LogP contribution is 2.32. The summed E-state index contributed by atoms with van der Waals surface area (Å²) in [5, 5.41) is 8.86. The zero-order chi connectivity index (χ0) is 18.6. The molecule has 1 heterocycles. The van der Waals surface area contributed by atoms with Crippen molar-refractivity contribution in [1.29, 1.82) is 0 Å². The fraction of sp³-hybridized carbons (Fsp3) is 0.300. The van der Waals surface area contributed by atoms with Crippen LogP contribution in [0.25, 0.3) is 0 Å². The van der Waals surface area contributed by atoms with Crippen LogP contribution in [-0.2, 0) is 11.3 Å². The average Bonchev–Trinajstić information content (AvgIpc) is 3.38. The van der Waals surface area contributed by atoms with Crippen LogP contribution in [-0.4, -0.2) is 31.2 Å². The molecule has 4 rings (SSSR count). The Morgan fingerprint density at radius 2 is 1.85 bits per heavy atom. The highest BCUT2D eigenvalue weighted by Gasteiger charge is 2.24. The zero-order valence-corrected chi connectivity index (χ0v) is 14.8. The number of anilines is 1. The molecule has 7 heteroatoms. The highest BCUT2D eigenvalue weighted by atomic mass is 16.7. The third-order valence-electron chi connectivity index (χ3n) is 4.45. The van der Waals surface area contributed by atoms with E-state index in [-0.39, 0.29) is 31.2 Å². The maximum absolute atomic E-state index is 12.3. The van der Waals surface area contributed by atoms with Gasteiger partial charge in [0.2, 0.25) is 12.7 Å². The largest absolute Gasteiger partial charge is 0.454 e. The molecule has 1 aliphatic heterocycles. The molecular weight excluding hydrogens is 346 g/mol. The molecule has 2 aromatic carbocycles. The molecule has 27 heavy (non-hydrogen) atoms. The van der Waals surface area contributed by atoms with Crippen LogP contribution in [0, 0.1) is 0 Å². The molecular formula is C20H21N3O4. The first-order valence-electron chi connectivity index (χ1n) is 8.98. The minimum Gasteiger partial charge on any atom is -0.454 e. The summed E-state index contributed by atoms with van der Waals surface area (Å²) in [6, 6.07) is 13.1. The number of ether oxygens (including phenoxy) is 2. The van der Waals surface area contributed by atoms with Crippen LogP contribution < -0.4 is 25.4 Å². The van der Waals surface area contributed by atoms with Gasteiger partial charge in [-0.25, -0.2) is 0 Å². The van der Waals surface area contributed by atoms with Gasteiger partial charge in [-0.3, -0.25) is 9.59 Å². The number of fused-ring (bicyclic) bond motifs is 1. The lowest BCUT2D eigenvalue weighted by Crippen LogP contribution is -2.30. The predicted octanol–water partition coefficient (Wildman–Crippen LogP) is 2.04. The van der Waals surface area contributed by atoms with Crippen molar-refractivity contribution in [1.82, 2.24) is 10.6 Å². The molecule has 0 bridgehead atoms. The fourth-order valence-electron chi connectivity index (χ4n) is 2.82. The normalized spacial score (nSPS) is 14.5. The SMILES string of the molecule is O=C(CNc1ccccc1C(=O)NC1CC1)NCc1ccc2c(c1)OCO2. The Bertz CT molecular complexity index is 864. The lowest BCUT2D eigenvalue weighted by Gasteiger charge is -2.12. The number of nitrogens with one attached hydrogen (secondary N) is 3. The molecule has 1 fully saturated rings. The maximum Gasteiger partial charge on any atom is 0.253 e. The minimum absolute atomic E-state index is 0.0816. The van der Waals surface area contributed by atoms with E-state index in [1.807, 2.05) is 30.3 Å². The minimum atomic E-state index is -0.162. The van der Waals surface area contributed by atoms with Crippen LogP contribution in [0.1, 0.15) is 28.8 Å². The number of benzene rings is 2. The number of carbonyl (C=O) groups is 2. The number of rotatable bonds is 7. The van der Waals surface area contributed by atoms with Crippen LogP contribution in [0.2, 0.25) is 0 Å². The van der Waals surface area contributed by atoms with Crippen LogP contribution in [0.3, 0.4) is 0 Å². The first kappa shape index (κ1) is 17.2. The van der Waals surface area contributed by atoms with E-state index < -0.39 is 0 Å². The summed E-state index contributed by atoms with van der Waals surface area (Å²) in [5.74, 6) is 1.13. The first-order chi connectivity index (χ1) is 13.2. The van der Waals surface area contributed by atoms with Crippen LogP contribution in [0.15, 0.2) is 42.5 Å². The Kier molecular flexibility index (Phi) is 4.82. The van der Waals surface area contributed by atoms with E-state index in [1.54, 1.807) is 12.1 Å². The summed E-state index contributed by atoms with van der Waals surface area (Å²) in [5.41, 5.74) is 2.12. The van der Waals surface area contributed by atoms with Crippen LogP contribution >= 0.6 is 0 Å². The Labute approximate surface area is 157 Å². The van der Waals surface area contributed by atoms with Crippen LogP contribution in [0.4, 0.5) is 5.69 Å². The van der Waals surface area contributed by atoms with Crippen molar-refractivity contribution in [2.45, 2.75) is 25.4 Å². The van der Waals surface area contributed by atoms with Gasteiger partial charge in [-0.1, -0.05) is 18.2 Å². The van der Waals surface area contributed by atoms with Crippen molar-refractivity contribution in [3.05, 3.63) is 53.6 Å². The average molecular weight is 367 g/mol. The first-order valence-corrected chi connectivity index (χ1v) is 8.98. The zero-order valence-electron chi connectivity index (χ0n) is 14.8.